The standard InChI is InChI=1S/C13H22N4O4S/c1-21-9-13(3-2-4-13)10-22(19,20)16-7-11(12(18)8-16)17-6-5-14-15-17/h5-6,11-12,18H,2-4,7-10H2,1H3/t11-,12-/m1/s1. The Morgan fingerprint density at radius 3 is 2.73 bits per heavy atom. The average Bonchev–Trinajstić information content (AvgIpc) is 3.05. The molecule has 3 rings (SSSR count). The first-order chi connectivity index (χ1) is 10.5. The van der Waals surface area contributed by atoms with E-state index in [2.05, 4.69) is 10.3 Å². The first-order valence-corrected chi connectivity index (χ1v) is 9.07. The molecule has 1 aromatic rings. The fourth-order valence-electron chi connectivity index (χ4n) is 3.41. The fraction of sp³-hybridized carbons (Fsp3) is 0.846. The molecular weight excluding hydrogens is 308 g/mol. The summed E-state index contributed by atoms with van der Waals surface area (Å²) >= 11 is 0. The summed E-state index contributed by atoms with van der Waals surface area (Å²) < 4.78 is 33.5. The van der Waals surface area contributed by atoms with Crippen LogP contribution in [0.1, 0.15) is 25.3 Å². The maximum absolute atomic E-state index is 12.7. The van der Waals surface area contributed by atoms with Gasteiger partial charge in [-0.25, -0.2) is 13.1 Å². The molecule has 0 amide bonds. The Kier molecular flexibility index (Phi) is 4.23. The molecule has 1 saturated heterocycles. The highest BCUT2D eigenvalue weighted by Crippen LogP contribution is 2.43. The molecule has 2 heterocycles. The van der Waals surface area contributed by atoms with E-state index in [1.54, 1.807) is 13.3 Å². The Morgan fingerprint density at radius 1 is 1.41 bits per heavy atom. The van der Waals surface area contributed by atoms with Gasteiger partial charge in [0.15, 0.2) is 0 Å². The zero-order chi connectivity index (χ0) is 15.8. The van der Waals surface area contributed by atoms with Crippen LogP contribution in [0.2, 0.25) is 0 Å². The van der Waals surface area contributed by atoms with Crippen molar-refractivity contribution in [1.29, 1.82) is 0 Å². The molecule has 0 spiro atoms. The molecule has 1 aliphatic carbocycles. The number of aliphatic hydroxyl groups is 1. The van der Waals surface area contributed by atoms with E-state index >= 15 is 0 Å². The van der Waals surface area contributed by atoms with E-state index in [-0.39, 0.29) is 30.3 Å². The Morgan fingerprint density at radius 2 is 2.18 bits per heavy atom. The van der Waals surface area contributed by atoms with Gasteiger partial charge in [0.2, 0.25) is 10.0 Å². The summed E-state index contributed by atoms with van der Waals surface area (Å²) in [5.41, 5.74) is -0.260. The second-order valence-corrected chi connectivity index (χ2v) is 8.35. The summed E-state index contributed by atoms with van der Waals surface area (Å²) in [4.78, 5) is 0. The highest BCUT2D eigenvalue weighted by Gasteiger charge is 2.46. The van der Waals surface area contributed by atoms with Crippen molar-refractivity contribution in [3.8, 4) is 0 Å². The summed E-state index contributed by atoms with van der Waals surface area (Å²) in [7, 11) is -1.82. The molecule has 0 bridgehead atoms. The van der Waals surface area contributed by atoms with Crippen LogP contribution in [0.25, 0.3) is 0 Å². The van der Waals surface area contributed by atoms with Crippen LogP contribution in [0.15, 0.2) is 12.4 Å². The average molecular weight is 330 g/mol. The van der Waals surface area contributed by atoms with E-state index in [9.17, 15) is 13.5 Å². The van der Waals surface area contributed by atoms with E-state index in [1.165, 1.54) is 15.2 Å². The number of sulfonamides is 1. The molecule has 1 N–H and O–H groups in total. The van der Waals surface area contributed by atoms with Gasteiger partial charge in [0.25, 0.3) is 0 Å². The van der Waals surface area contributed by atoms with Crippen LogP contribution in [-0.2, 0) is 14.8 Å². The number of aliphatic hydroxyl groups excluding tert-OH is 1. The van der Waals surface area contributed by atoms with Gasteiger partial charge >= 0.3 is 0 Å². The quantitative estimate of drug-likeness (QED) is 0.765. The van der Waals surface area contributed by atoms with Gasteiger partial charge in [0.05, 0.1) is 30.7 Å². The molecule has 9 heteroatoms. The molecule has 2 atom stereocenters. The minimum atomic E-state index is -3.43. The molecule has 1 aromatic heterocycles. The summed E-state index contributed by atoms with van der Waals surface area (Å²) in [6.45, 7) is 0.807. The highest BCUT2D eigenvalue weighted by atomic mass is 32.2. The van der Waals surface area contributed by atoms with Gasteiger partial charge in [-0.1, -0.05) is 11.6 Å². The number of aromatic nitrogens is 3. The topological polar surface area (TPSA) is 97.6 Å². The third-order valence-electron chi connectivity index (χ3n) is 4.75. The molecule has 8 nitrogen and oxygen atoms in total. The molecule has 2 fully saturated rings. The maximum atomic E-state index is 12.7. The lowest BCUT2D eigenvalue weighted by atomic mass is 9.71. The Labute approximate surface area is 130 Å². The van der Waals surface area contributed by atoms with E-state index in [0.29, 0.717) is 6.61 Å². The second-order valence-electron chi connectivity index (χ2n) is 6.38. The third kappa shape index (κ3) is 2.90. The van der Waals surface area contributed by atoms with Crippen LogP contribution in [-0.4, -0.2) is 71.5 Å². The van der Waals surface area contributed by atoms with Gasteiger partial charge < -0.3 is 9.84 Å². The van der Waals surface area contributed by atoms with Crippen molar-refractivity contribution in [3.05, 3.63) is 12.4 Å². The van der Waals surface area contributed by atoms with Gasteiger partial charge in [-0.2, -0.15) is 4.31 Å². The normalized spacial score (nSPS) is 28.6. The van der Waals surface area contributed by atoms with Crippen molar-refractivity contribution in [3.63, 3.8) is 0 Å². The lowest BCUT2D eigenvalue weighted by Crippen LogP contribution is -2.45. The van der Waals surface area contributed by atoms with Crippen molar-refractivity contribution in [2.45, 2.75) is 31.4 Å². The molecule has 124 valence electrons. The van der Waals surface area contributed by atoms with E-state index in [1.807, 2.05) is 0 Å². The first kappa shape index (κ1) is 15.9. The van der Waals surface area contributed by atoms with Crippen molar-refractivity contribution in [2.75, 3.05) is 32.6 Å². The first-order valence-electron chi connectivity index (χ1n) is 7.46. The molecule has 1 saturated carbocycles. The smallest absolute Gasteiger partial charge is 0.214 e. The Hall–Kier alpha value is -1.03. The lowest BCUT2D eigenvalue weighted by molar-refractivity contribution is 0.0349. The molecule has 0 unspecified atom stereocenters. The van der Waals surface area contributed by atoms with Crippen LogP contribution < -0.4 is 0 Å². The number of β-amino-alcohol motifs (C(OH)–C–C–N with tert-alkyl or cyclic N) is 1. The number of hydrogen-bond donors (Lipinski definition) is 1. The number of ether oxygens (including phenoxy) is 1. The van der Waals surface area contributed by atoms with Gasteiger partial charge in [-0.3, -0.25) is 0 Å². The predicted octanol–water partition coefficient (Wildman–Crippen LogP) is -0.358. The third-order valence-corrected chi connectivity index (χ3v) is 6.82. The molecule has 2 aliphatic rings. The van der Waals surface area contributed by atoms with Crippen LogP contribution in [0, 0.1) is 5.41 Å². The van der Waals surface area contributed by atoms with Gasteiger partial charge in [0, 0.05) is 31.8 Å². The van der Waals surface area contributed by atoms with Crippen LogP contribution in [0.5, 0.6) is 0 Å². The summed E-state index contributed by atoms with van der Waals surface area (Å²) in [5.74, 6) is 0.0879. The van der Waals surface area contributed by atoms with E-state index in [4.69, 9.17) is 4.74 Å². The zero-order valence-electron chi connectivity index (χ0n) is 12.6. The van der Waals surface area contributed by atoms with E-state index in [0.717, 1.165) is 19.3 Å². The number of rotatable bonds is 6. The number of methoxy groups -OCH3 is 1. The van der Waals surface area contributed by atoms with Gasteiger partial charge in [0.1, 0.15) is 0 Å². The largest absolute Gasteiger partial charge is 0.389 e. The maximum Gasteiger partial charge on any atom is 0.214 e. The predicted molar refractivity (Wildman–Crippen MR) is 78.6 cm³/mol. The number of hydrogen-bond acceptors (Lipinski definition) is 6. The molecule has 0 aromatic carbocycles. The van der Waals surface area contributed by atoms with Crippen molar-refractivity contribution >= 4 is 10.0 Å². The van der Waals surface area contributed by atoms with Crippen molar-refractivity contribution in [1.82, 2.24) is 19.3 Å². The van der Waals surface area contributed by atoms with Crippen LogP contribution in [0.4, 0.5) is 0 Å². The summed E-state index contributed by atoms with van der Waals surface area (Å²) in [5, 5.41) is 17.7. The number of nitrogens with zero attached hydrogens (tertiary/aromatic N) is 4. The molecular formula is C13H22N4O4S. The van der Waals surface area contributed by atoms with Gasteiger partial charge in [-0.05, 0) is 12.8 Å². The highest BCUT2D eigenvalue weighted by molar-refractivity contribution is 7.89. The Bertz CT molecular complexity index is 600. The minimum absolute atomic E-state index is 0.0879. The lowest BCUT2D eigenvalue weighted by Gasteiger charge is -2.41. The molecule has 1 aliphatic heterocycles. The molecule has 22 heavy (non-hydrogen) atoms. The Balaban J connectivity index is 1.71. The second kappa shape index (κ2) is 5.88. The summed E-state index contributed by atoms with van der Waals surface area (Å²) in [6.07, 6.45) is 5.19. The zero-order valence-corrected chi connectivity index (χ0v) is 13.4. The molecule has 0 radical (unpaired) electrons. The van der Waals surface area contributed by atoms with Crippen molar-refractivity contribution in [2.24, 2.45) is 5.41 Å². The monoisotopic (exact) mass is 330 g/mol. The van der Waals surface area contributed by atoms with Crippen LogP contribution in [0.3, 0.4) is 0 Å². The SMILES string of the molecule is COCC1(CS(=O)(=O)N2C[C@@H](O)[C@H](n3ccnn3)C2)CCC1. The minimum Gasteiger partial charge on any atom is -0.389 e. The van der Waals surface area contributed by atoms with Crippen molar-refractivity contribution < 1.29 is 18.3 Å². The fourth-order valence-corrected chi connectivity index (χ4v) is 5.50. The summed E-state index contributed by atoms with van der Waals surface area (Å²) in [6, 6.07) is -0.378. The van der Waals surface area contributed by atoms with E-state index < -0.39 is 16.1 Å². The van der Waals surface area contributed by atoms with Gasteiger partial charge in [-0.15, -0.1) is 5.10 Å². The van der Waals surface area contributed by atoms with Crippen LogP contribution >= 0.6 is 0 Å².